The molecule has 0 radical (unpaired) electrons. The first-order chi connectivity index (χ1) is 6.95. The Morgan fingerprint density at radius 1 is 1.40 bits per heavy atom. The predicted octanol–water partition coefficient (Wildman–Crippen LogP) is -0.846. The van der Waals surface area contributed by atoms with Crippen molar-refractivity contribution in [3.63, 3.8) is 0 Å². The number of ether oxygens (including phenoxy) is 1. The fraction of sp³-hybridized carbons (Fsp3) is 0.750. The van der Waals surface area contributed by atoms with E-state index in [0.717, 1.165) is 11.4 Å². The molecule has 0 aliphatic carbocycles. The molecule has 1 fully saturated rings. The van der Waals surface area contributed by atoms with Crippen LogP contribution in [0.25, 0.3) is 0 Å². The van der Waals surface area contributed by atoms with Crippen LogP contribution in [0.4, 0.5) is 0 Å². The number of piperidine rings is 1. The molecule has 1 aliphatic rings. The van der Waals surface area contributed by atoms with E-state index >= 15 is 0 Å². The van der Waals surface area contributed by atoms with Gasteiger partial charge in [0.15, 0.2) is 5.75 Å². The number of hydrogen-bond donors (Lipinski definition) is 0. The highest BCUT2D eigenvalue weighted by atomic mass is 32.2. The van der Waals surface area contributed by atoms with Crippen molar-refractivity contribution < 1.29 is 22.7 Å². The molecular weight excluding hydrogens is 222 g/mol. The first kappa shape index (κ1) is 12.1. The Hall–Kier alpha value is -0.950. The minimum absolute atomic E-state index is 0.0551. The SMILES string of the molecule is COC(=O)CS(=O)(=O)N1CCC(=O)CC1. The Kier molecular flexibility index (Phi) is 3.81. The van der Waals surface area contributed by atoms with Crippen LogP contribution in [0.1, 0.15) is 12.8 Å². The molecule has 1 heterocycles. The van der Waals surface area contributed by atoms with Crippen molar-refractivity contribution in [2.45, 2.75) is 12.8 Å². The molecule has 0 bridgehead atoms. The van der Waals surface area contributed by atoms with E-state index in [2.05, 4.69) is 4.74 Å². The van der Waals surface area contributed by atoms with Gasteiger partial charge in [0.1, 0.15) is 5.78 Å². The van der Waals surface area contributed by atoms with E-state index in [1.807, 2.05) is 0 Å². The van der Waals surface area contributed by atoms with Gasteiger partial charge in [-0.3, -0.25) is 9.59 Å². The molecule has 86 valence electrons. The summed E-state index contributed by atoms with van der Waals surface area (Å²) in [4.78, 5) is 21.7. The monoisotopic (exact) mass is 235 g/mol. The topological polar surface area (TPSA) is 80.8 Å². The lowest BCUT2D eigenvalue weighted by molar-refractivity contribution is -0.137. The third kappa shape index (κ3) is 3.28. The number of Topliss-reactive ketones (excluding diaryl/α,β-unsaturated/α-hetero) is 1. The number of esters is 1. The molecule has 0 N–H and O–H groups in total. The average molecular weight is 235 g/mol. The summed E-state index contributed by atoms with van der Waals surface area (Å²) in [6.07, 6.45) is 0.445. The quantitative estimate of drug-likeness (QED) is 0.595. The zero-order chi connectivity index (χ0) is 11.5. The van der Waals surface area contributed by atoms with Crippen LogP contribution in [0.5, 0.6) is 0 Å². The summed E-state index contributed by atoms with van der Waals surface area (Å²) >= 11 is 0. The number of carbonyl (C=O) groups excluding carboxylic acids is 2. The molecular formula is C8H13NO5S. The summed E-state index contributed by atoms with van der Waals surface area (Å²) in [5, 5.41) is 0. The third-order valence-electron chi connectivity index (χ3n) is 2.20. The maximum atomic E-state index is 11.6. The van der Waals surface area contributed by atoms with Gasteiger partial charge >= 0.3 is 5.97 Å². The molecule has 0 amide bonds. The molecule has 1 saturated heterocycles. The number of sulfonamides is 1. The highest BCUT2D eigenvalue weighted by Crippen LogP contribution is 2.11. The second kappa shape index (κ2) is 4.71. The average Bonchev–Trinajstić information content (AvgIpc) is 2.17. The van der Waals surface area contributed by atoms with Gasteiger partial charge in [0.25, 0.3) is 0 Å². The van der Waals surface area contributed by atoms with Crippen LogP contribution in [-0.4, -0.2) is 50.4 Å². The van der Waals surface area contributed by atoms with Crippen molar-refractivity contribution >= 4 is 21.8 Å². The van der Waals surface area contributed by atoms with Crippen molar-refractivity contribution in [2.24, 2.45) is 0 Å². The highest BCUT2D eigenvalue weighted by Gasteiger charge is 2.29. The number of rotatable bonds is 3. The van der Waals surface area contributed by atoms with Gasteiger partial charge in [-0.15, -0.1) is 0 Å². The maximum absolute atomic E-state index is 11.6. The molecule has 1 aliphatic heterocycles. The Morgan fingerprint density at radius 3 is 2.40 bits per heavy atom. The van der Waals surface area contributed by atoms with Crippen LogP contribution in [0.2, 0.25) is 0 Å². The molecule has 0 saturated carbocycles. The normalized spacial score (nSPS) is 18.9. The minimum Gasteiger partial charge on any atom is -0.468 e. The van der Waals surface area contributed by atoms with Gasteiger partial charge in [0.05, 0.1) is 7.11 Å². The van der Waals surface area contributed by atoms with Crippen LogP contribution < -0.4 is 0 Å². The first-order valence-electron chi connectivity index (χ1n) is 4.52. The molecule has 0 unspecified atom stereocenters. The molecule has 6 nitrogen and oxygen atoms in total. The predicted molar refractivity (Wildman–Crippen MR) is 51.6 cm³/mol. The lowest BCUT2D eigenvalue weighted by Gasteiger charge is -2.24. The van der Waals surface area contributed by atoms with Gasteiger partial charge < -0.3 is 4.74 Å². The number of ketones is 1. The molecule has 1 rings (SSSR count). The summed E-state index contributed by atoms with van der Waals surface area (Å²) in [6.45, 7) is 0.330. The molecule has 15 heavy (non-hydrogen) atoms. The van der Waals surface area contributed by atoms with Gasteiger partial charge in [0.2, 0.25) is 10.0 Å². The van der Waals surface area contributed by atoms with Gasteiger partial charge in [-0.05, 0) is 0 Å². The third-order valence-corrected chi connectivity index (χ3v) is 3.95. The maximum Gasteiger partial charge on any atom is 0.322 e. The van der Waals surface area contributed by atoms with Gasteiger partial charge in [-0.25, -0.2) is 12.7 Å². The van der Waals surface area contributed by atoms with Crippen LogP contribution in [-0.2, 0) is 24.3 Å². The fourth-order valence-electron chi connectivity index (χ4n) is 1.31. The zero-order valence-electron chi connectivity index (χ0n) is 8.43. The van der Waals surface area contributed by atoms with Crippen molar-refractivity contribution in [1.82, 2.24) is 4.31 Å². The van der Waals surface area contributed by atoms with Gasteiger partial charge in [-0.2, -0.15) is 0 Å². The largest absolute Gasteiger partial charge is 0.468 e. The summed E-state index contributed by atoms with van der Waals surface area (Å²) < 4.78 is 28.6. The smallest absolute Gasteiger partial charge is 0.322 e. The van der Waals surface area contributed by atoms with Crippen molar-refractivity contribution in [3.8, 4) is 0 Å². The lowest BCUT2D eigenvalue weighted by Crippen LogP contribution is -2.41. The summed E-state index contributed by atoms with van der Waals surface area (Å²) in [7, 11) is -2.48. The second-order valence-electron chi connectivity index (χ2n) is 3.27. The fourth-order valence-corrected chi connectivity index (χ4v) is 2.65. The Morgan fingerprint density at radius 2 is 1.93 bits per heavy atom. The minimum atomic E-state index is -3.61. The van der Waals surface area contributed by atoms with E-state index in [-0.39, 0.29) is 31.7 Å². The van der Waals surface area contributed by atoms with E-state index in [1.54, 1.807) is 0 Å². The van der Waals surface area contributed by atoms with Crippen LogP contribution in [0, 0.1) is 0 Å². The Labute approximate surface area is 88.2 Å². The number of methoxy groups -OCH3 is 1. The van der Waals surface area contributed by atoms with E-state index in [1.165, 1.54) is 0 Å². The molecule has 0 spiro atoms. The second-order valence-corrected chi connectivity index (χ2v) is 5.24. The van der Waals surface area contributed by atoms with E-state index in [4.69, 9.17) is 0 Å². The summed E-state index contributed by atoms with van der Waals surface area (Å²) in [5.41, 5.74) is 0. The lowest BCUT2D eigenvalue weighted by atomic mass is 10.1. The van der Waals surface area contributed by atoms with E-state index < -0.39 is 21.7 Å². The first-order valence-corrected chi connectivity index (χ1v) is 6.13. The Balaban J connectivity index is 2.62. The number of carbonyl (C=O) groups is 2. The molecule has 0 aromatic heterocycles. The van der Waals surface area contributed by atoms with E-state index in [9.17, 15) is 18.0 Å². The van der Waals surface area contributed by atoms with Crippen molar-refractivity contribution in [1.29, 1.82) is 0 Å². The molecule has 0 aromatic rings. The molecule has 0 aromatic carbocycles. The van der Waals surface area contributed by atoms with Crippen molar-refractivity contribution in [2.75, 3.05) is 26.0 Å². The standard InChI is InChI=1S/C8H13NO5S/c1-14-8(11)6-15(12,13)9-4-2-7(10)3-5-9/h2-6H2,1H3. The van der Waals surface area contributed by atoms with Gasteiger partial charge in [0, 0.05) is 25.9 Å². The van der Waals surface area contributed by atoms with Crippen LogP contribution in [0.3, 0.4) is 0 Å². The van der Waals surface area contributed by atoms with Crippen LogP contribution >= 0.6 is 0 Å². The number of nitrogens with zero attached hydrogens (tertiary/aromatic N) is 1. The Bertz CT molecular complexity index is 351. The number of hydrogen-bond acceptors (Lipinski definition) is 5. The van der Waals surface area contributed by atoms with Gasteiger partial charge in [-0.1, -0.05) is 0 Å². The summed E-state index contributed by atoms with van der Waals surface area (Å²) in [6, 6.07) is 0. The summed E-state index contributed by atoms with van der Waals surface area (Å²) in [5.74, 6) is -1.39. The van der Waals surface area contributed by atoms with Crippen molar-refractivity contribution in [3.05, 3.63) is 0 Å². The molecule has 7 heteroatoms. The highest BCUT2D eigenvalue weighted by molar-refractivity contribution is 7.89. The zero-order valence-corrected chi connectivity index (χ0v) is 9.25. The molecule has 0 atom stereocenters. The van der Waals surface area contributed by atoms with Crippen LogP contribution in [0.15, 0.2) is 0 Å². The van der Waals surface area contributed by atoms with E-state index in [0.29, 0.717) is 0 Å².